The average molecular weight is 353 g/mol. The van der Waals surface area contributed by atoms with E-state index in [-0.39, 0.29) is 4.90 Å². The Morgan fingerprint density at radius 1 is 0.800 bits per heavy atom. The Hall–Kier alpha value is -2.99. The molecule has 3 aromatic carbocycles. The molecule has 0 saturated heterocycles. The smallest absolute Gasteiger partial charge is 0.123 e. The zero-order chi connectivity index (χ0) is 17.7. The normalized spacial score (nSPS) is 10.9. The number of benzene rings is 3. The largest absolute Gasteiger partial charge is 0.573 e. The van der Waals surface area contributed by atoms with Crippen LogP contribution in [-0.2, 0) is 10.0 Å². The molecule has 0 atom stereocenters. The average Bonchev–Trinajstić information content (AvgIpc) is 2.64. The maximum Gasteiger partial charge on any atom is 0.123 e. The van der Waals surface area contributed by atoms with E-state index in [0.717, 1.165) is 11.4 Å². The van der Waals surface area contributed by atoms with Crippen molar-refractivity contribution in [2.75, 3.05) is 12.4 Å². The van der Waals surface area contributed by atoms with Crippen LogP contribution in [0.5, 0.6) is 5.75 Å². The molecule has 0 unspecified atom stereocenters. The Balaban J connectivity index is 1.71. The van der Waals surface area contributed by atoms with Gasteiger partial charge in [0.25, 0.3) is 0 Å². The molecule has 0 heterocycles. The Morgan fingerprint density at radius 2 is 1.40 bits per heavy atom. The molecule has 0 saturated carbocycles. The van der Waals surface area contributed by atoms with Gasteiger partial charge in [0.2, 0.25) is 0 Å². The van der Waals surface area contributed by atoms with Crippen molar-refractivity contribution in [2.45, 2.75) is 4.90 Å². The fraction of sp³-hybridized carbons (Fsp3) is 0.0526. The second kappa shape index (κ2) is 7.27. The number of para-hydroxylation sites is 1. The topological polar surface area (TPSA) is 69.5 Å². The summed E-state index contributed by atoms with van der Waals surface area (Å²) in [6, 6.07) is 22.7. The summed E-state index contributed by atoms with van der Waals surface area (Å²) in [6.07, 6.45) is 0. The first-order chi connectivity index (χ1) is 12.1. The van der Waals surface area contributed by atoms with E-state index in [1.165, 1.54) is 19.2 Å². The van der Waals surface area contributed by atoms with E-state index in [9.17, 15) is 8.42 Å². The molecular weight excluding hydrogens is 336 g/mol. The van der Waals surface area contributed by atoms with Crippen LogP contribution >= 0.6 is 0 Å². The minimum atomic E-state index is -3.76. The van der Waals surface area contributed by atoms with E-state index < -0.39 is 10.0 Å². The van der Waals surface area contributed by atoms with E-state index in [1.54, 1.807) is 36.4 Å². The number of nitrogens with one attached hydrogen (secondary N) is 1. The first kappa shape index (κ1) is 16.9. The summed E-state index contributed by atoms with van der Waals surface area (Å²) in [6.45, 7) is 0. The van der Waals surface area contributed by atoms with Crippen molar-refractivity contribution in [3.63, 3.8) is 0 Å². The molecule has 0 bridgehead atoms. The van der Waals surface area contributed by atoms with Crippen LogP contribution in [0.4, 0.5) is 17.1 Å². The van der Waals surface area contributed by atoms with Gasteiger partial charge in [0, 0.05) is 11.4 Å². The number of ether oxygens (including phenoxy) is 1. The van der Waals surface area contributed by atoms with E-state index in [2.05, 4.69) is 10.0 Å². The highest BCUT2D eigenvalue weighted by atomic mass is 32.2. The van der Waals surface area contributed by atoms with E-state index in [1.807, 2.05) is 30.3 Å². The molecule has 3 aromatic rings. The standard InChI is InChI=1S/C19H17N2O3S/c1-24-18-11-13-19(14-12-18)25(22,23)21-17-9-7-16(8-10-17)20-15-5-3-2-4-6-15/h2-14,20H,1H3/q-1. The van der Waals surface area contributed by atoms with Gasteiger partial charge in [0.05, 0.1) is 12.0 Å². The van der Waals surface area contributed by atoms with Crippen LogP contribution in [0.25, 0.3) is 4.72 Å². The summed E-state index contributed by atoms with van der Waals surface area (Å²) in [4.78, 5) is 0.125. The lowest BCUT2D eigenvalue weighted by Gasteiger charge is -2.22. The van der Waals surface area contributed by atoms with Crippen molar-refractivity contribution >= 4 is 27.1 Å². The number of hydrogen-bond donors (Lipinski definition) is 1. The number of sulfonamides is 1. The van der Waals surface area contributed by atoms with Gasteiger partial charge >= 0.3 is 0 Å². The van der Waals surface area contributed by atoms with Gasteiger partial charge in [-0.1, -0.05) is 30.3 Å². The van der Waals surface area contributed by atoms with Gasteiger partial charge in [-0.25, -0.2) is 8.42 Å². The lowest BCUT2D eigenvalue weighted by molar-refractivity contribution is 0.414. The molecule has 0 aromatic heterocycles. The molecule has 128 valence electrons. The second-order valence-corrected chi connectivity index (χ2v) is 6.88. The summed E-state index contributed by atoms with van der Waals surface area (Å²) < 4.78 is 33.6. The quantitative estimate of drug-likeness (QED) is 0.689. The Morgan fingerprint density at radius 3 is 2.00 bits per heavy atom. The zero-order valence-electron chi connectivity index (χ0n) is 13.6. The van der Waals surface area contributed by atoms with Gasteiger partial charge in [-0.05, 0) is 48.5 Å². The summed E-state index contributed by atoms with van der Waals surface area (Å²) in [5.41, 5.74) is 2.18. The number of anilines is 2. The molecule has 6 heteroatoms. The molecule has 0 spiro atoms. The molecule has 0 amide bonds. The second-order valence-electron chi connectivity index (χ2n) is 5.28. The van der Waals surface area contributed by atoms with Crippen molar-refractivity contribution < 1.29 is 13.2 Å². The highest BCUT2D eigenvalue weighted by molar-refractivity contribution is 7.94. The molecule has 25 heavy (non-hydrogen) atoms. The maximum atomic E-state index is 12.4. The SMILES string of the molecule is COc1ccc(S(=O)(=O)[N-]c2ccc(Nc3ccccc3)cc2)cc1. The lowest BCUT2D eigenvalue weighted by Crippen LogP contribution is -1.98. The molecule has 3 rings (SSSR count). The summed E-state index contributed by atoms with van der Waals surface area (Å²) in [5.74, 6) is 0.593. The van der Waals surface area contributed by atoms with Crippen LogP contribution in [0.15, 0.2) is 83.8 Å². The molecule has 0 radical (unpaired) electrons. The number of hydrogen-bond acceptors (Lipinski definition) is 4. The van der Waals surface area contributed by atoms with Gasteiger partial charge in [-0.3, -0.25) is 0 Å². The monoisotopic (exact) mass is 353 g/mol. The summed E-state index contributed by atoms with van der Waals surface area (Å²) >= 11 is 0. The molecule has 0 aliphatic rings. The minimum absolute atomic E-state index is 0.125. The Kier molecular flexibility index (Phi) is 4.90. The highest BCUT2D eigenvalue weighted by Gasteiger charge is 2.05. The van der Waals surface area contributed by atoms with Crippen LogP contribution in [0.3, 0.4) is 0 Å². The van der Waals surface area contributed by atoms with E-state index >= 15 is 0 Å². The molecule has 0 aliphatic carbocycles. The lowest BCUT2D eigenvalue weighted by atomic mass is 10.2. The maximum absolute atomic E-state index is 12.4. The fourth-order valence-electron chi connectivity index (χ4n) is 2.23. The molecule has 5 nitrogen and oxygen atoms in total. The van der Waals surface area contributed by atoms with Gasteiger partial charge in [-0.15, -0.1) is 5.69 Å². The van der Waals surface area contributed by atoms with Crippen molar-refractivity contribution in [1.82, 2.24) is 0 Å². The zero-order valence-corrected chi connectivity index (χ0v) is 14.4. The van der Waals surface area contributed by atoms with Crippen molar-refractivity contribution in [3.8, 4) is 5.75 Å². The predicted octanol–water partition coefficient (Wildman–Crippen LogP) is 4.83. The van der Waals surface area contributed by atoms with Crippen molar-refractivity contribution in [3.05, 3.63) is 83.6 Å². The number of rotatable bonds is 6. The van der Waals surface area contributed by atoms with Crippen molar-refractivity contribution in [1.29, 1.82) is 0 Å². The first-order valence-corrected chi connectivity index (χ1v) is 9.05. The van der Waals surface area contributed by atoms with Crippen LogP contribution in [0, 0.1) is 0 Å². The molecule has 0 fully saturated rings. The van der Waals surface area contributed by atoms with E-state index in [0.29, 0.717) is 11.4 Å². The summed E-state index contributed by atoms with van der Waals surface area (Å²) in [5, 5.41) is 3.23. The Bertz CT molecular complexity index is 923. The third-order valence-corrected chi connectivity index (χ3v) is 4.83. The minimum Gasteiger partial charge on any atom is -0.573 e. The van der Waals surface area contributed by atoms with Gasteiger partial charge in [-0.2, -0.15) is 0 Å². The molecular formula is C19H17N2O3S-. The first-order valence-electron chi connectivity index (χ1n) is 7.61. The number of methoxy groups -OCH3 is 1. The summed E-state index contributed by atoms with van der Waals surface area (Å²) in [7, 11) is -2.23. The van der Waals surface area contributed by atoms with Crippen LogP contribution in [0.2, 0.25) is 0 Å². The van der Waals surface area contributed by atoms with Crippen molar-refractivity contribution in [2.24, 2.45) is 0 Å². The van der Waals surface area contributed by atoms with Gasteiger partial charge in [0.1, 0.15) is 15.8 Å². The van der Waals surface area contributed by atoms with E-state index in [4.69, 9.17) is 4.74 Å². The number of nitrogens with zero attached hydrogens (tertiary/aromatic N) is 1. The van der Waals surface area contributed by atoms with Crippen LogP contribution in [-0.4, -0.2) is 15.5 Å². The third kappa shape index (κ3) is 4.30. The van der Waals surface area contributed by atoms with Crippen LogP contribution < -0.4 is 10.1 Å². The van der Waals surface area contributed by atoms with Crippen LogP contribution in [0.1, 0.15) is 0 Å². The Labute approximate surface area is 147 Å². The van der Waals surface area contributed by atoms with Gasteiger partial charge in [0.15, 0.2) is 0 Å². The molecule has 1 N–H and O–H groups in total. The predicted molar refractivity (Wildman–Crippen MR) is 99.4 cm³/mol. The fourth-order valence-corrected chi connectivity index (χ4v) is 3.22. The molecule has 0 aliphatic heterocycles. The third-order valence-electron chi connectivity index (χ3n) is 3.51. The van der Waals surface area contributed by atoms with Gasteiger partial charge < -0.3 is 14.8 Å². The highest BCUT2D eigenvalue weighted by Crippen LogP contribution is 2.30.